The van der Waals surface area contributed by atoms with Crippen LogP contribution in [0.15, 0.2) is 58.3 Å². The number of benzene rings is 2. The van der Waals surface area contributed by atoms with Crippen LogP contribution in [0.3, 0.4) is 0 Å². The van der Waals surface area contributed by atoms with E-state index in [9.17, 15) is 8.42 Å². The molecule has 4 nitrogen and oxygen atoms in total. The number of hydrogen-bond acceptors (Lipinski definition) is 4. The molecule has 0 unspecified atom stereocenters. The molecule has 0 aromatic heterocycles. The molecular formula is C22H30O4S. The van der Waals surface area contributed by atoms with Gasteiger partial charge in [-0.2, -0.15) is 0 Å². The molecule has 0 aliphatic rings. The topological polar surface area (TPSA) is 52.6 Å². The molecule has 5 heteroatoms. The second kappa shape index (κ2) is 9.79. The summed E-state index contributed by atoms with van der Waals surface area (Å²) in [6, 6.07) is 13.3. The fraction of sp³-hybridized carbons (Fsp3) is 0.455. The number of rotatable bonds is 10. The van der Waals surface area contributed by atoms with Crippen LogP contribution in [-0.2, 0) is 9.84 Å². The van der Waals surface area contributed by atoms with Gasteiger partial charge in [-0.3, -0.25) is 0 Å². The molecule has 27 heavy (non-hydrogen) atoms. The summed E-state index contributed by atoms with van der Waals surface area (Å²) in [4.78, 5) is 0.515. The van der Waals surface area contributed by atoms with Gasteiger partial charge in [0.2, 0.25) is 9.84 Å². The largest absolute Gasteiger partial charge is 0.490 e. The van der Waals surface area contributed by atoms with E-state index in [1.165, 1.54) is 0 Å². The first kappa shape index (κ1) is 21.3. The molecule has 0 saturated heterocycles. The van der Waals surface area contributed by atoms with Crippen molar-refractivity contribution in [2.75, 3.05) is 0 Å². The quantitative estimate of drug-likeness (QED) is 0.526. The normalized spacial score (nSPS) is 11.8. The number of ether oxygens (including phenoxy) is 2. The van der Waals surface area contributed by atoms with E-state index in [4.69, 9.17) is 9.47 Å². The van der Waals surface area contributed by atoms with E-state index in [1.807, 2.05) is 0 Å². The highest BCUT2D eigenvalue weighted by Crippen LogP contribution is 2.26. The van der Waals surface area contributed by atoms with Crippen LogP contribution in [0, 0.1) is 0 Å². The molecule has 0 amide bonds. The molecule has 0 N–H and O–H groups in total. The average molecular weight is 391 g/mol. The average Bonchev–Trinajstić information content (AvgIpc) is 2.70. The van der Waals surface area contributed by atoms with Gasteiger partial charge < -0.3 is 9.47 Å². The Morgan fingerprint density at radius 3 is 1.19 bits per heavy atom. The zero-order valence-corrected chi connectivity index (χ0v) is 17.5. The first-order chi connectivity index (χ1) is 12.9. The van der Waals surface area contributed by atoms with E-state index in [-0.39, 0.29) is 22.0 Å². The monoisotopic (exact) mass is 390 g/mol. The first-order valence-corrected chi connectivity index (χ1v) is 11.2. The Labute approximate surface area is 163 Å². The SMILES string of the molecule is CCC(CC)Oc1ccc(S(=O)(=O)c2ccc(OC(CC)CC)cc2)cc1. The van der Waals surface area contributed by atoms with Crippen molar-refractivity contribution in [1.29, 1.82) is 0 Å². The second-order valence-corrected chi connectivity index (χ2v) is 8.51. The Balaban J connectivity index is 2.15. The smallest absolute Gasteiger partial charge is 0.206 e. The minimum absolute atomic E-state index is 0.148. The third kappa shape index (κ3) is 5.48. The van der Waals surface area contributed by atoms with Crippen LogP contribution < -0.4 is 9.47 Å². The Hall–Kier alpha value is -2.01. The Morgan fingerprint density at radius 2 is 0.926 bits per heavy atom. The molecular weight excluding hydrogens is 360 g/mol. The maximum absolute atomic E-state index is 12.8. The van der Waals surface area contributed by atoms with Crippen molar-refractivity contribution in [2.24, 2.45) is 0 Å². The molecule has 148 valence electrons. The van der Waals surface area contributed by atoms with Gasteiger partial charge in [0.05, 0.1) is 22.0 Å². The van der Waals surface area contributed by atoms with Gasteiger partial charge in [-0.1, -0.05) is 27.7 Å². The van der Waals surface area contributed by atoms with Crippen LogP contribution in [0.4, 0.5) is 0 Å². The van der Waals surface area contributed by atoms with Crippen molar-refractivity contribution < 1.29 is 17.9 Å². The fourth-order valence-electron chi connectivity index (χ4n) is 2.83. The minimum atomic E-state index is -3.56. The third-order valence-corrected chi connectivity index (χ3v) is 6.48. The fourth-order valence-corrected chi connectivity index (χ4v) is 4.09. The molecule has 2 aromatic carbocycles. The summed E-state index contributed by atoms with van der Waals surface area (Å²) in [5, 5.41) is 0. The van der Waals surface area contributed by atoms with Crippen LogP contribution in [0.2, 0.25) is 0 Å². The summed E-state index contributed by atoms with van der Waals surface area (Å²) >= 11 is 0. The molecule has 0 aliphatic carbocycles. The Kier molecular flexibility index (Phi) is 7.72. The Bertz CT molecular complexity index is 724. The van der Waals surface area contributed by atoms with Gasteiger partial charge in [-0.05, 0) is 74.2 Å². The van der Waals surface area contributed by atoms with Gasteiger partial charge in [0.15, 0.2) is 0 Å². The maximum atomic E-state index is 12.8. The van der Waals surface area contributed by atoms with Crippen molar-refractivity contribution in [3.63, 3.8) is 0 Å². The summed E-state index contributed by atoms with van der Waals surface area (Å²) in [5.74, 6) is 1.38. The van der Waals surface area contributed by atoms with Crippen LogP contribution in [0.5, 0.6) is 11.5 Å². The van der Waals surface area contributed by atoms with E-state index in [1.54, 1.807) is 48.5 Å². The number of hydrogen-bond donors (Lipinski definition) is 0. The van der Waals surface area contributed by atoms with E-state index in [0.717, 1.165) is 25.7 Å². The molecule has 0 spiro atoms. The first-order valence-electron chi connectivity index (χ1n) is 9.73. The lowest BCUT2D eigenvalue weighted by molar-refractivity contribution is 0.192. The zero-order chi connectivity index (χ0) is 19.9. The molecule has 0 radical (unpaired) electrons. The predicted octanol–water partition coefficient (Wildman–Crippen LogP) is 5.65. The van der Waals surface area contributed by atoms with E-state index in [0.29, 0.717) is 11.5 Å². The van der Waals surface area contributed by atoms with Gasteiger partial charge in [0.1, 0.15) is 11.5 Å². The molecule has 0 atom stereocenters. The molecule has 2 rings (SSSR count). The van der Waals surface area contributed by atoms with Crippen LogP contribution in [-0.4, -0.2) is 20.6 Å². The zero-order valence-electron chi connectivity index (χ0n) is 16.6. The highest BCUT2D eigenvalue weighted by Gasteiger charge is 2.18. The standard InChI is InChI=1S/C22H30O4S/c1-5-17(6-2)25-19-9-13-21(14-10-19)27(23,24)22-15-11-20(12-16-22)26-18(7-3)8-4/h9-18H,5-8H2,1-4H3. The lowest BCUT2D eigenvalue weighted by Gasteiger charge is -2.16. The van der Waals surface area contributed by atoms with E-state index in [2.05, 4.69) is 27.7 Å². The maximum Gasteiger partial charge on any atom is 0.206 e. The molecule has 0 heterocycles. The summed E-state index contributed by atoms with van der Waals surface area (Å²) in [6.07, 6.45) is 3.97. The van der Waals surface area contributed by atoms with E-state index < -0.39 is 9.84 Å². The summed E-state index contributed by atoms with van der Waals surface area (Å²) in [6.45, 7) is 8.29. The lowest BCUT2D eigenvalue weighted by Crippen LogP contribution is -2.14. The van der Waals surface area contributed by atoms with Gasteiger partial charge in [0.25, 0.3) is 0 Å². The third-order valence-electron chi connectivity index (χ3n) is 4.69. The van der Waals surface area contributed by atoms with Gasteiger partial charge in [-0.15, -0.1) is 0 Å². The van der Waals surface area contributed by atoms with Gasteiger partial charge in [0, 0.05) is 0 Å². The summed E-state index contributed by atoms with van der Waals surface area (Å²) < 4.78 is 37.4. The highest BCUT2D eigenvalue weighted by molar-refractivity contribution is 7.91. The van der Waals surface area contributed by atoms with Crippen molar-refractivity contribution in [3.05, 3.63) is 48.5 Å². The number of sulfone groups is 1. The molecule has 0 fully saturated rings. The minimum Gasteiger partial charge on any atom is -0.490 e. The van der Waals surface area contributed by atoms with Crippen LogP contribution in [0.25, 0.3) is 0 Å². The van der Waals surface area contributed by atoms with Crippen molar-refractivity contribution in [1.82, 2.24) is 0 Å². The Morgan fingerprint density at radius 1 is 0.630 bits per heavy atom. The van der Waals surface area contributed by atoms with Crippen molar-refractivity contribution in [3.8, 4) is 11.5 Å². The predicted molar refractivity (Wildman–Crippen MR) is 108 cm³/mol. The lowest BCUT2D eigenvalue weighted by atomic mass is 10.2. The second-order valence-electron chi connectivity index (χ2n) is 6.56. The van der Waals surface area contributed by atoms with Gasteiger partial charge in [-0.25, -0.2) is 8.42 Å². The van der Waals surface area contributed by atoms with Gasteiger partial charge >= 0.3 is 0 Å². The molecule has 2 aromatic rings. The van der Waals surface area contributed by atoms with Crippen LogP contribution in [0.1, 0.15) is 53.4 Å². The van der Waals surface area contributed by atoms with E-state index >= 15 is 0 Å². The highest BCUT2D eigenvalue weighted by atomic mass is 32.2. The van der Waals surface area contributed by atoms with Crippen molar-refractivity contribution >= 4 is 9.84 Å². The molecule has 0 saturated carbocycles. The van der Waals surface area contributed by atoms with Crippen LogP contribution >= 0.6 is 0 Å². The molecule has 0 bridgehead atoms. The summed E-state index contributed by atoms with van der Waals surface area (Å²) in [5.41, 5.74) is 0. The molecule has 0 aliphatic heterocycles. The summed E-state index contributed by atoms with van der Waals surface area (Å²) in [7, 11) is -3.56. The van der Waals surface area contributed by atoms with Crippen molar-refractivity contribution in [2.45, 2.75) is 75.4 Å².